The predicted octanol–water partition coefficient (Wildman–Crippen LogP) is 2.12. The van der Waals surface area contributed by atoms with Gasteiger partial charge in [0, 0.05) is 13.0 Å². The largest absolute Gasteiger partial charge is 0.352 e. The SMILES string of the molecule is CNS(=O)(=O)c1ccc(CNC(=O)CCc2ccc(F)c(F)c2)cc1. The monoisotopic (exact) mass is 368 g/mol. The first-order chi connectivity index (χ1) is 11.8. The summed E-state index contributed by atoms with van der Waals surface area (Å²) in [6.07, 6.45) is 0.430. The normalized spacial score (nSPS) is 11.3. The van der Waals surface area contributed by atoms with Gasteiger partial charge in [-0.2, -0.15) is 0 Å². The summed E-state index contributed by atoms with van der Waals surface area (Å²) in [4.78, 5) is 12.0. The number of hydrogen-bond donors (Lipinski definition) is 2. The molecule has 0 bridgehead atoms. The lowest BCUT2D eigenvalue weighted by atomic mass is 10.1. The number of hydrogen-bond acceptors (Lipinski definition) is 3. The van der Waals surface area contributed by atoms with E-state index >= 15 is 0 Å². The lowest BCUT2D eigenvalue weighted by Crippen LogP contribution is -2.23. The Labute approximate surface area is 145 Å². The van der Waals surface area contributed by atoms with Crippen molar-refractivity contribution in [2.45, 2.75) is 24.3 Å². The van der Waals surface area contributed by atoms with Crippen LogP contribution in [0, 0.1) is 11.6 Å². The van der Waals surface area contributed by atoms with Crippen LogP contribution >= 0.6 is 0 Å². The fourth-order valence-corrected chi connectivity index (χ4v) is 2.88. The van der Waals surface area contributed by atoms with Crippen LogP contribution in [-0.4, -0.2) is 21.4 Å². The molecule has 0 atom stereocenters. The molecule has 0 spiro atoms. The average molecular weight is 368 g/mol. The highest BCUT2D eigenvalue weighted by Crippen LogP contribution is 2.11. The molecule has 0 saturated carbocycles. The minimum absolute atomic E-state index is 0.136. The summed E-state index contributed by atoms with van der Waals surface area (Å²) >= 11 is 0. The van der Waals surface area contributed by atoms with E-state index in [1.165, 1.54) is 25.2 Å². The summed E-state index contributed by atoms with van der Waals surface area (Å²) in [5.74, 6) is -2.09. The molecule has 2 aromatic carbocycles. The van der Waals surface area contributed by atoms with E-state index < -0.39 is 21.7 Å². The molecule has 0 heterocycles. The highest BCUT2D eigenvalue weighted by atomic mass is 32.2. The van der Waals surface area contributed by atoms with Crippen LogP contribution in [0.1, 0.15) is 17.5 Å². The number of halogens is 2. The topological polar surface area (TPSA) is 75.3 Å². The van der Waals surface area contributed by atoms with Crippen LogP contribution < -0.4 is 10.0 Å². The molecule has 0 aromatic heterocycles. The minimum Gasteiger partial charge on any atom is -0.352 e. The molecule has 8 heteroatoms. The zero-order valence-electron chi connectivity index (χ0n) is 13.6. The number of benzene rings is 2. The van der Waals surface area contributed by atoms with Crippen molar-refractivity contribution in [3.8, 4) is 0 Å². The molecule has 2 rings (SSSR count). The van der Waals surface area contributed by atoms with Gasteiger partial charge in [-0.15, -0.1) is 0 Å². The van der Waals surface area contributed by atoms with Gasteiger partial charge in [0.25, 0.3) is 0 Å². The van der Waals surface area contributed by atoms with Crippen LogP contribution in [0.2, 0.25) is 0 Å². The number of carbonyl (C=O) groups excluding carboxylic acids is 1. The summed E-state index contributed by atoms with van der Waals surface area (Å²) in [6, 6.07) is 9.67. The molecule has 25 heavy (non-hydrogen) atoms. The van der Waals surface area contributed by atoms with Crippen molar-refractivity contribution in [2.24, 2.45) is 0 Å². The molecule has 1 amide bonds. The number of sulfonamides is 1. The van der Waals surface area contributed by atoms with Crippen LogP contribution in [0.15, 0.2) is 47.4 Å². The highest BCUT2D eigenvalue weighted by molar-refractivity contribution is 7.89. The van der Waals surface area contributed by atoms with E-state index in [4.69, 9.17) is 0 Å². The molecule has 0 radical (unpaired) electrons. The van der Waals surface area contributed by atoms with Gasteiger partial charge in [0.15, 0.2) is 11.6 Å². The number of aryl methyl sites for hydroxylation is 1. The van der Waals surface area contributed by atoms with E-state index in [1.54, 1.807) is 12.1 Å². The van der Waals surface area contributed by atoms with Crippen LogP contribution in [-0.2, 0) is 27.8 Å². The molecule has 134 valence electrons. The summed E-state index contributed by atoms with van der Waals surface area (Å²) in [6.45, 7) is 0.247. The second-order valence-electron chi connectivity index (χ2n) is 5.38. The van der Waals surface area contributed by atoms with Gasteiger partial charge in [-0.3, -0.25) is 4.79 Å². The van der Waals surface area contributed by atoms with E-state index in [0.29, 0.717) is 12.0 Å². The van der Waals surface area contributed by atoms with Gasteiger partial charge in [0.1, 0.15) is 0 Å². The lowest BCUT2D eigenvalue weighted by molar-refractivity contribution is -0.121. The van der Waals surface area contributed by atoms with Gasteiger partial charge in [0.05, 0.1) is 4.90 Å². The van der Waals surface area contributed by atoms with Crippen molar-refractivity contribution < 1.29 is 22.0 Å². The fourth-order valence-electron chi connectivity index (χ4n) is 2.15. The van der Waals surface area contributed by atoms with E-state index in [9.17, 15) is 22.0 Å². The molecule has 0 fully saturated rings. The van der Waals surface area contributed by atoms with Crippen molar-refractivity contribution in [3.63, 3.8) is 0 Å². The molecule has 5 nitrogen and oxygen atoms in total. The molecule has 2 N–H and O–H groups in total. The first kappa shape index (κ1) is 19.0. The third-order valence-corrected chi connectivity index (χ3v) is 5.05. The number of nitrogens with one attached hydrogen (secondary N) is 2. The maximum Gasteiger partial charge on any atom is 0.240 e. The molecule has 2 aromatic rings. The Bertz CT molecular complexity index is 853. The molecule has 0 unspecified atom stereocenters. The fraction of sp³-hybridized carbons (Fsp3) is 0.235. The minimum atomic E-state index is -3.49. The predicted molar refractivity (Wildman–Crippen MR) is 89.2 cm³/mol. The Balaban J connectivity index is 1.84. The van der Waals surface area contributed by atoms with Gasteiger partial charge in [0.2, 0.25) is 15.9 Å². The summed E-state index contributed by atoms with van der Waals surface area (Å²) in [7, 11) is -2.16. The van der Waals surface area contributed by atoms with Crippen LogP contribution in [0.5, 0.6) is 0 Å². The number of amides is 1. The maximum absolute atomic E-state index is 13.1. The highest BCUT2D eigenvalue weighted by Gasteiger charge is 2.10. The zero-order chi connectivity index (χ0) is 18.4. The van der Waals surface area contributed by atoms with E-state index in [2.05, 4.69) is 10.0 Å². The lowest BCUT2D eigenvalue weighted by Gasteiger charge is -2.07. The Morgan fingerprint density at radius 3 is 2.24 bits per heavy atom. The van der Waals surface area contributed by atoms with E-state index in [0.717, 1.165) is 17.7 Å². The second kappa shape index (κ2) is 8.17. The van der Waals surface area contributed by atoms with E-state index in [1.807, 2.05) is 0 Å². The average Bonchev–Trinajstić information content (AvgIpc) is 2.61. The van der Waals surface area contributed by atoms with Crippen LogP contribution in [0.3, 0.4) is 0 Å². The smallest absolute Gasteiger partial charge is 0.240 e. The van der Waals surface area contributed by atoms with Gasteiger partial charge in [-0.1, -0.05) is 18.2 Å². The van der Waals surface area contributed by atoms with Crippen molar-refractivity contribution in [3.05, 3.63) is 65.2 Å². The van der Waals surface area contributed by atoms with Gasteiger partial charge >= 0.3 is 0 Å². The van der Waals surface area contributed by atoms with Crippen LogP contribution in [0.4, 0.5) is 8.78 Å². The second-order valence-corrected chi connectivity index (χ2v) is 7.26. The third kappa shape index (κ3) is 5.33. The van der Waals surface area contributed by atoms with Gasteiger partial charge in [-0.05, 0) is 48.9 Å². The van der Waals surface area contributed by atoms with Crippen molar-refractivity contribution in [1.82, 2.24) is 10.0 Å². The standard InChI is InChI=1S/C17H18F2N2O3S/c1-20-25(23,24)14-6-2-13(3-7-14)11-21-17(22)9-5-12-4-8-15(18)16(19)10-12/h2-4,6-8,10,20H,5,9,11H2,1H3,(H,21,22). The molecule has 0 aliphatic heterocycles. The Morgan fingerprint density at radius 1 is 1.00 bits per heavy atom. The molecule has 0 aliphatic carbocycles. The van der Waals surface area contributed by atoms with Crippen LogP contribution in [0.25, 0.3) is 0 Å². The Morgan fingerprint density at radius 2 is 1.64 bits per heavy atom. The first-order valence-corrected chi connectivity index (χ1v) is 9.03. The summed E-state index contributed by atoms with van der Waals surface area (Å²) < 4.78 is 51.4. The van der Waals surface area contributed by atoms with Gasteiger partial charge < -0.3 is 5.32 Å². The first-order valence-electron chi connectivity index (χ1n) is 7.55. The van der Waals surface area contributed by atoms with Crippen molar-refractivity contribution in [1.29, 1.82) is 0 Å². The Hall–Kier alpha value is -2.32. The quantitative estimate of drug-likeness (QED) is 0.786. The van der Waals surface area contributed by atoms with Gasteiger partial charge in [-0.25, -0.2) is 21.9 Å². The molecule has 0 aliphatic rings. The van der Waals surface area contributed by atoms with Crippen molar-refractivity contribution >= 4 is 15.9 Å². The van der Waals surface area contributed by atoms with Crippen molar-refractivity contribution in [2.75, 3.05) is 7.05 Å². The molecular weight excluding hydrogens is 350 g/mol. The maximum atomic E-state index is 13.1. The summed E-state index contributed by atoms with van der Waals surface area (Å²) in [5.41, 5.74) is 1.28. The van der Waals surface area contributed by atoms with E-state index in [-0.39, 0.29) is 23.8 Å². The number of rotatable bonds is 7. The zero-order valence-corrected chi connectivity index (χ0v) is 14.4. The Kier molecular flexibility index (Phi) is 6.22. The number of carbonyl (C=O) groups is 1. The summed E-state index contributed by atoms with van der Waals surface area (Å²) in [5, 5.41) is 2.70. The molecule has 0 saturated heterocycles. The third-order valence-electron chi connectivity index (χ3n) is 3.62. The molecular formula is C17H18F2N2O3S.